The summed E-state index contributed by atoms with van der Waals surface area (Å²) < 4.78 is 30.3. The number of ketones is 1. The van der Waals surface area contributed by atoms with Gasteiger partial charge in [-0.25, -0.2) is 8.42 Å². The van der Waals surface area contributed by atoms with Crippen LogP contribution in [0.4, 0.5) is 5.69 Å². The largest absolute Gasteiger partial charge is 0.305 e. The van der Waals surface area contributed by atoms with Gasteiger partial charge in [-0.15, -0.1) is 11.6 Å². The zero-order chi connectivity index (χ0) is 27.8. The minimum Gasteiger partial charge on any atom is -0.305 e. The van der Waals surface area contributed by atoms with E-state index in [1.54, 1.807) is 60.7 Å². The Morgan fingerprint density at radius 1 is 0.923 bits per heavy atom. The van der Waals surface area contributed by atoms with Crippen molar-refractivity contribution in [1.29, 1.82) is 0 Å². The Morgan fingerprint density at radius 2 is 1.54 bits per heavy atom. The van der Waals surface area contributed by atoms with Crippen molar-refractivity contribution in [3.63, 3.8) is 0 Å². The number of para-hydroxylation sites is 1. The van der Waals surface area contributed by atoms with Gasteiger partial charge < -0.3 is 4.90 Å². The molecule has 1 aliphatic heterocycles. The Labute approximate surface area is 240 Å². The molecule has 1 amide bonds. The number of hydrogen-bond donors (Lipinski definition) is 1. The maximum atomic E-state index is 14.3. The fourth-order valence-corrected chi connectivity index (χ4v) is 6.99. The first-order valence-corrected chi connectivity index (χ1v) is 14.8. The summed E-state index contributed by atoms with van der Waals surface area (Å²) in [5.41, 5.74) is 2.77. The van der Waals surface area contributed by atoms with E-state index in [1.165, 1.54) is 17.0 Å². The molecular weight excluding hydrogens is 600 g/mol. The van der Waals surface area contributed by atoms with Crippen molar-refractivity contribution in [2.24, 2.45) is 0 Å². The number of hydrogen-bond acceptors (Lipinski definition) is 4. The second-order valence-corrected chi connectivity index (χ2v) is 12.5. The number of amides is 1. The Hall–Kier alpha value is -3.30. The van der Waals surface area contributed by atoms with Gasteiger partial charge in [0, 0.05) is 15.6 Å². The quantitative estimate of drug-likeness (QED) is 0.194. The van der Waals surface area contributed by atoms with E-state index in [1.807, 2.05) is 37.3 Å². The van der Waals surface area contributed by atoms with Gasteiger partial charge in [-0.2, -0.15) is 4.72 Å². The molecule has 1 unspecified atom stereocenters. The van der Waals surface area contributed by atoms with E-state index < -0.39 is 32.6 Å². The third-order valence-corrected chi connectivity index (χ3v) is 9.37. The SMILES string of the molecule is Cc1ccc(S(=O)(=O)NC(C(=O)c2ccccc2)[C@@]2(Cl)C(=O)N(Cc3ccccc3)c3c(Br)cccc32)cc1. The molecule has 1 N–H and O–H groups in total. The summed E-state index contributed by atoms with van der Waals surface area (Å²) in [5, 5.41) is 0. The molecule has 4 aromatic carbocycles. The first kappa shape index (κ1) is 27.3. The van der Waals surface area contributed by atoms with Crippen LogP contribution < -0.4 is 9.62 Å². The van der Waals surface area contributed by atoms with E-state index in [0.29, 0.717) is 15.7 Å². The highest BCUT2D eigenvalue weighted by Crippen LogP contribution is 2.51. The van der Waals surface area contributed by atoms with Crippen LogP contribution in [0.3, 0.4) is 0 Å². The van der Waals surface area contributed by atoms with E-state index in [-0.39, 0.29) is 17.0 Å². The number of Topliss-reactive ketones (excluding diaryl/α,β-unsaturated/α-hetero) is 1. The molecule has 1 aliphatic rings. The molecule has 0 radical (unpaired) electrons. The number of nitrogens with one attached hydrogen (secondary N) is 1. The molecule has 0 saturated carbocycles. The number of carbonyl (C=O) groups is 2. The first-order valence-electron chi connectivity index (χ1n) is 12.1. The number of alkyl halides is 1. The second-order valence-electron chi connectivity index (χ2n) is 9.32. The molecule has 4 aromatic rings. The highest BCUT2D eigenvalue weighted by atomic mass is 79.9. The summed E-state index contributed by atoms with van der Waals surface area (Å²) in [7, 11) is -4.26. The highest BCUT2D eigenvalue weighted by molar-refractivity contribution is 9.10. The van der Waals surface area contributed by atoms with E-state index in [4.69, 9.17) is 11.6 Å². The Morgan fingerprint density at radius 3 is 2.18 bits per heavy atom. The number of nitrogens with zero attached hydrogens (tertiary/aromatic N) is 1. The van der Waals surface area contributed by atoms with Crippen LogP contribution in [-0.4, -0.2) is 26.2 Å². The molecule has 198 valence electrons. The highest BCUT2D eigenvalue weighted by Gasteiger charge is 2.58. The van der Waals surface area contributed by atoms with Crippen molar-refractivity contribution in [1.82, 2.24) is 4.72 Å². The lowest BCUT2D eigenvalue weighted by Crippen LogP contribution is -2.56. The summed E-state index contributed by atoms with van der Waals surface area (Å²) in [6.45, 7) is 2.02. The van der Waals surface area contributed by atoms with Crippen molar-refractivity contribution in [2.75, 3.05) is 4.90 Å². The fourth-order valence-electron chi connectivity index (χ4n) is 4.72. The maximum absolute atomic E-state index is 14.3. The van der Waals surface area contributed by atoms with Gasteiger partial charge in [0.2, 0.25) is 10.0 Å². The van der Waals surface area contributed by atoms with Crippen molar-refractivity contribution in [3.8, 4) is 0 Å². The van der Waals surface area contributed by atoms with Gasteiger partial charge in [0.15, 0.2) is 10.7 Å². The van der Waals surface area contributed by atoms with Crippen LogP contribution in [0.1, 0.15) is 27.0 Å². The van der Waals surface area contributed by atoms with Gasteiger partial charge in [-0.3, -0.25) is 9.59 Å². The second kappa shape index (κ2) is 10.7. The zero-order valence-electron chi connectivity index (χ0n) is 20.8. The number of halogens is 2. The van der Waals surface area contributed by atoms with Crippen LogP contribution in [0, 0.1) is 6.92 Å². The maximum Gasteiger partial charge on any atom is 0.255 e. The Kier molecular flexibility index (Phi) is 7.48. The monoisotopic (exact) mass is 622 g/mol. The minimum atomic E-state index is -4.26. The molecule has 0 spiro atoms. The molecule has 2 atom stereocenters. The van der Waals surface area contributed by atoms with Gasteiger partial charge >= 0.3 is 0 Å². The zero-order valence-corrected chi connectivity index (χ0v) is 24.0. The van der Waals surface area contributed by atoms with Crippen molar-refractivity contribution in [3.05, 3.63) is 130 Å². The lowest BCUT2D eigenvalue weighted by atomic mass is 9.87. The van der Waals surface area contributed by atoms with Gasteiger partial charge in [-0.1, -0.05) is 90.5 Å². The van der Waals surface area contributed by atoms with Crippen molar-refractivity contribution >= 4 is 54.9 Å². The minimum absolute atomic E-state index is 0.0414. The molecule has 9 heteroatoms. The molecule has 6 nitrogen and oxygen atoms in total. The molecule has 39 heavy (non-hydrogen) atoms. The van der Waals surface area contributed by atoms with E-state index in [0.717, 1.165) is 11.1 Å². The summed E-state index contributed by atoms with van der Waals surface area (Å²) in [5.74, 6) is -1.22. The van der Waals surface area contributed by atoms with Crippen LogP contribution in [0.25, 0.3) is 0 Å². The topological polar surface area (TPSA) is 83.5 Å². The molecule has 0 aliphatic carbocycles. The predicted octanol–water partition coefficient (Wildman–Crippen LogP) is 5.97. The summed E-state index contributed by atoms with van der Waals surface area (Å²) in [6, 6.07) is 27.3. The molecular formula is C30H24BrClN2O4S. The average molecular weight is 624 g/mol. The summed E-state index contributed by atoms with van der Waals surface area (Å²) >= 11 is 10.8. The first-order chi connectivity index (χ1) is 18.6. The van der Waals surface area contributed by atoms with E-state index in [2.05, 4.69) is 20.7 Å². The average Bonchev–Trinajstić information content (AvgIpc) is 3.16. The number of anilines is 1. The van der Waals surface area contributed by atoms with Gasteiger partial charge in [0.25, 0.3) is 5.91 Å². The lowest BCUT2D eigenvalue weighted by Gasteiger charge is -2.31. The number of aryl methyl sites for hydroxylation is 1. The van der Waals surface area contributed by atoms with Crippen molar-refractivity contribution in [2.45, 2.75) is 29.3 Å². The van der Waals surface area contributed by atoms with Crippen LogP contribution in [0.5, 0.6) is 0 Å². The number of carbonyl (C=O) groups excluding carboxylic acids is 2. The van der Waals surface area contributed by atoms with Crippen LogP contribution >= 0.6 is 27.5 Å². The van der Waals surface area contributed by atoms with Gasteiger partial charge in [0.05, 0.1) is 17.1 Å². The van der Waals surface area contributed by atoms with Crippen LogP contribution in [-0.2, 0) is 26.2 Å². The third-order valence-electron chi connectivity index (χ3n) is 6.71. The molecule has 0 fully saturated rings. The van der Waals surface area contributed by atoms with Crippen LogP contribution in [0.15, 0.2) is 112 Å². The third kappa shape index (κ3) is 5.05. The van der Waals surface area contributed by atoms with Crippen molar-refractivity contribution < 1.29 is 18.0 Å². The molecule has 5 rings (SSSR count). The Balaban J connectivity index is 1.66. The Bertz CT molecular complexity index is 1650. The van der Waals surface area contributed by atoms with E-state index in [9.17, 15) is 18.0 Å². The number of benzene rings is 4. The number of sulfonamides is 1. The van der Waals surface area contributed by atoms with E-state index >= 15 is 0 Å². The smallest absolute Gasteiger partial charge is 0.255 e. The van der Waals surface area contributed by atoms with Crippen LogP contribution in [0.2, 0.25) is 0 Å². The summed E-state index contributed by atoms with van der Waals surface area (Å²) in [6.07, 6.45) is 0. The fraction of sp³-hybridized carbons (Fsp3) is 0.133. The predicted molar refractivity (Wildman–Crippen MR) is 155 cm³/mol. The molecule has 0 saturated heterocycles. The number of rotatable bonds is 8. The molecule has 1 heterocycles. The molecule has 0 aromatic heterocycles. The lowest BCUT2D eigenvalue weighted by molar-refractivity contribution is -0.121. The van der Waals surface area contributed by atoms with Gasteiger partial charge in [0.1, 0.15) is 6.04 Å². The normalized spacial score (nSPS) is 17.6. The molecule has 0 bridgehead atoms. The van der Waals surface area contributed by atoms with Gasteiger partial charge in [-0.05, 0) is 46.6 Å². The summed E-state index contributed by atoms with van der Waals surface area (Å²) in [4.78, 5) is 27.7. The standard InChI is InChI=1S/C30H24BrClN2O4S/c1-20-15-17-23(18-16-20)39(37,38)33-28(27(35)22-11-6-3-7-12-22)30(32)24-13-8-14-25(31)26(24)34(29(30)36)19-21-9-4-2-5-10-21/h2-18,28,33H,19H2,1H3/t28?,30-/m1/s1. The number of fused-ring (bicyclic) bond motifs is 1.